The summed E-state index contributed by atoms with van der Waals surface area (Å²) < 4.78 is 5.70. The van der Waals surface area contributed by atoms with Crippen molar-refractivity contribution in [2.75, 3.05) is 6.61 Å². The van der Waals surface area contributed by atoms with Crippen molar-refractivity contribution in [2.24, 2.45) is 5.73 Å². The zero-order chi connectivity index (χ0) is 8.81. The molecular weight excluding hydrogens is 150 g/mol. The minimum Gasteiger partial charge on any atom is -0.378 e. The van der Waals surface area contributed by atoms with Gasteiger partial charge in [0.05, 0.1) is 6.10 Å². The lowest BCUT2D eigenvalue weighted by Crippen LogP contribution is -2.17. The summed E-state index contributed by atoms with van der Waals surface area (Å²) in [7, 11) is 0. The summed E-state index contributed by atoms with van der Waals surface area (Å²) in [4.78, 5) is 0. The van der Waals surface area contributed by atoms with Crippen LogP contribution in [0.4, 0.5) is 0 Å². The van der Waals surface area contributed by atoms with Gasteiger partial charge in [-0.15, -0.1) is 0 Å². The molecule has 2 heteroatoms. The van der Waals surface area contributed by atoms with E-state index in [1.807, 2.05) is 0 Å². The van der Waals surface area contributed by atoms with Crippen molar-refractivity contribution in [3.8, 4) is 0 Å². The molecular formula is C10H21NO. The molecule has 0 spiro atoms. The van der Waals surface area contributed by atoms with Crippen LogP contribution >= 0.6 is 0 Å². The van der Waals surface area contributed by atoms with Gasteiger partial charge in [0.15, 0.2) is 0 Å². The van der Waals surface area contributed by atoms with Gasteiger partial charge in [0, 0.05) is 12.6 Å². The SMILES string of the molecule is CCCCCO[C@@H]1CC[C@H](N)C1. The van der Waals surface area contributed by atoms with Gasteiger partial charge >= 0.3 is 0 Å². The highest BCUT2D eigenvalue weighted by molar-refractivity contribution is 4.77. The lowest BCUT2D eigenvalue weighted by Gasteiger charge is -2.10. The zero-order valence-electron chi connectivity index (χ0n) is 8.09. The van der Waals surface area contributed by atoms with E-state index in [1.165, 1.54) is 25.7 Å². The molecule has 0 amide bonds. The summed E-state index contributed by atoms with van der Waals surface area (Å²) in [5, 5.41) is 0. The molecule has 0 aliphatic heterocycles. The summed E-state index contributed by atoms with van der Waals surface area (Å²) in [6.45, 7) is 3.15. The van der Waals surface area contributed by atoms with Crippen molar-refractivity contribution in [3.63, 3.8) is 0 Å². The van der Waals surface area contributed by atoms with Crippen LogP contribution in [-0.2, 0) is 4.74 Å². The van der Waals surface area contributed by atoms with Crippen molar-refractivity contribution >= 4 is 0 Å². The average Bonchev–Trinajstić information content (AvgIpc) is 2.45. The second-order valence-corrected chi connectivity index (χ2v) is 3.77. The monoisotopic (exact) mass is 171 g/mol. The number of nitrogens with two attached hydrogens (primary N) is 1. The van der Waals surface area contributed by atoms with Crippen molar-refractivity contribution in [1.29, 1.82) is 0 Å². The molecule has 1 fully saturated rings. The predicted molar refractivity (Wildman–Crippen MR) is 51.1 cm³/mol. The number of ether oxygens (including phenoxy) is 1. The van der Waals surface area contributed by atoms with E-state index in [0.717, 1.165) is 19.4 Å². The van der Waals surface area contributed by atoms with Gasteiger partial charge in [-0.1, -0.05) is 19.8 Å². The lowest BCUT2D eigenvalue weighted by molar-refractivity contribution is 0.0550. The van der Waals surface area contributed by atoms with Crippen molar-refractivity contribution in [3.05, 3.63) is 0 Å². The van der Waals surface area contributed by atoms with E-state index in [2.05, 4.69) is 6.92 Å². The van der Waals surface area contributed by atoms with Crippen LogP contribution in [0.15, 0.2) is 0 Å². The van der Waals surface area contributed by atoms with E-state index in [1.54, 1.807) is 0 Å². The fourth-order valence-electron chi connectivity index (χ4n) is 1.73. The molecule has 1 saturated carbocycles. The average molecular weight is 171 g/mol. The molecule has 12 heavy (non-hydrogen) atoms. The molecule has 0 radical (unpaired) electrons. The van der Waals surface area contributed by atoms with Crippen LogP contribution in [0, 0.1) is 0 Å². The molecule has 2 nitrogen and oxygen atoms in total. The molecule has 0 saturated heterocycles. The minimum absolute atomic E-state index is 0.404. The van der Waals surface area contributed by atoms with E-state index in [9.17, 15) is 0 Å². The molecule has 72 valence electrons. The maximum Gasteiger partial charge on any atom is 0.0590 e. The van der Waals surface area contributed by atoms with Gasteiger partial charge in [0.1, 0.15) is 0 Å². The predicted octanol–water partition coefficient (Wildman–Crippen LogP) is 2.07. The topological polar surface area (TPSA) is 35.2 Å². The van der Waals surface area contributed by atoms with Crippen LogP contribution in [0.3, 0.4) is 0 Å². The van der Waals surface area contributed by atoms with Crippen LogP contribution in [0.5, 0.6) is 0 Å². The third-order valence-corrected chi connectivity index (χ3v) is 2.53. The van der Waals surface area contributed by atoms with E-state index < -0.39 is 0 Å². The Morgan fingerprint density at radius 1 is 1.33 bits per heavy atom. The van der Waals surface area contributed by atoms with Gasteiger partial charge in [-0.25, -0.2) is 0 Å². The fourth-order valence-corrected chi connectivity index (χ4v) is 1.73. The lowest BCUT2D eigenvalue weighted by atomic mass is 10.2. The number of hydrogen-bond donors (Lipinski definition) is 1. The molecule has 0 aromatic carbocycles. The normalized spacial score (nSPS) is 29.5. The summed E-state index contributed by atoms with van der Waals surface area (Å²) >= 11 is 0. The molecule has 0 heterocycles. The van der Waals surface area contributed by atoms with Crippen LogP contribution < -0.4 is 5.73 Å². The first-order chi connectivity index (χ1) is 5.83. The Hall–Kier alpha value is -0.0800. The number of rotatable bonds is 5. The third-order valence-electron chi connectivity index (χ3n) is 2.53. The summed E-state index contributed by atoms with van der Waals surface area (Å²) in [6, 6.07) is 0.404. The number of unbranched alkanes of at least 4 members (excludes halogenated alkanes) is 2. The Morgan fingerprint density at radius 2 is 2.17 bits per heavy atom. The zero-order valence-corrected chi connectivity index (χ0v) is 8.09. The second kappa shape index (κ2) is 5.55. The van der Waals surface area contributed by atoms with Crippen LogP contribution in [0.25, 0.3) is 0 Å². The van der Waals surface area contributed by atoms with E-state index in [-0.39, 0.29) is 0 Å². The molecule has 0 aromatic rings. The third kappa shape index (κ3) is 3.55. The van der Waals surface area contributed by atoms with Crippen LogP contribution in [0.2, 0.25) is 0 Å². The highest BCUT2D eigenvalue weighted by atomic mass is 16.5. The summed E-state index contributed by atoms with van der Waals surface area (Å²) in [5.41, 5.74) is 5.78. The molecule has 2 N–H and O–H groups in total. The van der Waals surface area contributed by atoms with E-state index >= 15 is 0 Å². The van der Waals surface area contributed by atoms with Crippen LogP contribution in [-0.4, -0.2) is 18.8 Å². The van der Waals surface area contributed by atoms with Crippen molar-refractivity contribution in [1.82, 2.24) is 0 Å². The smallest absolute Gasteiger partial charge is 0.0590 e. The molecule has 1 aliphatic carbocycles. The van der Waals surface area contributed by atoms with E-state index in [0.29, 0.717) is 12.1 Å². The Balaban J connectivity index is 1.93. The standard InChI is InChI=1S/C10H21NO/c1-2-3-4-7-12-10-6-5-9(11)8-10/h9-10H,2-8,11H2,1H3/t9-,10+/m0/s1. The van der Waals surface area contributed by atoms with Gasteiger partial charge in [0.2, 0.25) is 0 Å². The highest BCUT2D eigenvalue weighted by Gasteiger charge is 2.21. The quantitative estimate of drug-likeness (QED) is 0.643. The maximum absolute atomic E-state index is 5.78. The first-order valence-corrected chi connectivity index (χ1v) is 5.20. The Labute approximate surface area is 75.5 Å². The highest BCUT2D eigenvalue weighted by Crippen LogP contribution is 2.20. The largest absolute Gasteiger partial charge is 0.378 e. The van der Waals surface area contributed by atoms with Crippen LogP contribution in [0.1, 0.15) is 45.4 Å². The molecule has 0 bridgehead atoms. The maximum atomic E-state index is 5.78. The summed E-state index contributed by atoms with van der Waals surface area (Å²) in [5.74, 6) is 0. The Bertz CT molecular complexity index is 116. The fraction of sp³-hybridized carbons (Fsp3) is 1.00. The van der Waals surface area contributed by atoms with Crippen molar-refractivity contribution < 1.29 is 4.74 Å². The molecule has 0 unspecified atom stereocenters. The van der Waals surface area contributed by atoms with Crippen molar-refractivity contribution in [2.45, 2.75) is 57.6 Å². The summed E-state index contributed by atoms with van der Waals surface area (Å²) in [6.07, 6.45) is 7.64. The van der Waals surface area contributed by atoms with Gasteiger partial charge in [-0.2, -0.15) is 0 Å². The number of hydrogen-bond acceptors (Lipinski definition) is 2. The minimum atomic E-state index is 0.404. The molecule has 0 aromatic heterocycles. The Kier molecular flexibility index (Phi) is 4.62. The second-order valence-electron chi connectivity index (χ2n) is 3.77. The molecule has 1 aliphatic rings. The molecule has 1 rings (SSSR count). The van der Waals surface area contributed by atoms with Gasteiger partial charge in [-0.3, -0.25) is 0 Å². The van der Waals surface area contributed by atoms with Gasteiger partial charge in [-0.05, 0) is 25.7 Å². The first kappa shape index (κ1) is 10.0. The van der Waals surface area contributed by atoms with E-state index in [4.69, 9.17) is 10.5 Å². The first-order valence-electron chi connectivity index (χ1n) is 5.20. The van der Waals surface area contributed by atoms with Gasteiger partial charge < -0.3 is 10.5 Å². The van der Waals surface area contributed by atoms with Gasteiger partial charge in [0.25, 0.3) is 0 Å². The Morgan fingerprint density at radius 3 is 2.75 bits per heavy atom. The molecule has 2 atom stereocenters.